The van der Waals surface area contributed by atoms with Gasteiger partial charge in [-0.3, -0.25) is 0 Å². The molecule has 0 saturated heterocycles. The van der Waals surface area contributed by atoms with Gasteiger partial charge < -0.3 is 10.1 Å². The Kier molecular flexibility index (Phi) is 2.30. The van der Waals surface area contributed by atoms with Crippen molar-refractivity contribution in [1.82, 2.24) is 4.98 Å². The number of H-pyrrole nitrogens is 1. The molecule has 0 aliphatic rings. The van der Waals surface area contributed by atoms with Crippen molar-refractivity contribution >= 4 is 10.9 Å². The van der Waals surface area contributed by atoms with Crippen molar-refractivity contribution in [2.45, 2.75) is 26.4 Å². The lowest BCUT2D eigenvalue weighted by molar-refractivity contribution is 0.282. The Morgan fingerprint density at radius 1 is 1.36 bits per heavy atom. The van der Waals surface area contributed by atoms with Crippen molar-refractivity contribution in [2.24, 2.45) is 0 Å². The topological polar surface area (TPSA) is 36.0 Å². The first-order chi connectivity index (χ1) is 6.72. The van der Waals surface area contributed by atoms with Crippen LogP contribution >= 0.6 is 0 Å². The fourth-order valence-electron chi connectivity index (χ4n) is 1.77. The van der Waals surface area contributed by atoms with Gasteiger partial charge in [0.1, 0.15) is 0 Å². The molecular formula is C12H15NO. The van der Waals surface area contributed by atoms with Gasteiger partial charge in [-0.1, -0.05) is 19.9 Å². The first-order valence-corrected chi connectivity index (χ1v) is 4.93. The Morgan fingerprint density at radius 2 is 2.14 bits per heavy atom. The average Bonchev–Trinajstić information content (AvgIpc) is 2.59. The van der Waals surface area contributed by atoms with E-state index in [1.807, 2.05) is 12.1 Å². The number of aliphatic hydroxyl groups is 1. The molecule has 1 aromatic carbocycles. The SMILES string of the molecule is CC(C)c1c[nH]c2ccc(CO)cc12. The van der Waals surface area contributed by atoms with Crippen LogP contribution in [0.25, 0.3) is 10.9 Å². The van der Waals surface area contributed by atoms with Crippen LogP contribution in [0.1, 0.15) is 30.9 Å². The van der Waals surface area contributed by atoms with Gasteiger partial charge in [0.2, 0.25) is 0 Å². The third-order valence-electron chi connectivity index (χ3n) is 2.58. The van der Waals surface area contributed by atoms with E-state index in [9.17, 15) is 0 Å². The second-order valence-electron chi connectivity index (χ2n) is 3.94. The molecule has 1 aromatic heterocycles. The molecule has 0 spiro atoms. The summed E-state index contributed by atoms with van der Waals surface area (Å²) in [7, 11) is 0. The molecule has 74 valence electrons. The Morgan fingerprint density at radius 3 is 2.79 bits per heavy atom. The van der Waals surface area contributed by atoms with Gasteiger partial charge in [0.05, 0.1) is 6.61 Å². The molecule has 2 N–H and O–H groups in total. The highest BCUT2D eigenvalue weighted by Gasteiger charge is 2.07. The molecule has 14 heavy (non-hydrogen) atoms. The molecule has 0 aliphatic carbocycles. The van der Waals surface area contributed by atoms with Crippen LogP contribution < -0.4 is 0 Å². The van der Waals surface area contributed by atoms with Crippen molar-refractivity contribution in [3.05, 3.63) is 35.5 Å². The predicted molar refractivity (Wildman–Crippen MR) is 58.3 cm³/mol. The number of rotatable bonds is 2. The van der Waals surface area contributed by atoms with Gasteiger partial charge in [0.15, 0.2) is 0 Å². The molecule has 1 heterocycles. The second kappa shape index (κ2) is 3.46. The quantitative estimate of drug-likeness (QED) is 0.748. The van der Waals surface area contributed by atoms with Crippen molar-refractivity contribution in [3.8, 4) is 0 Å². The molecule has 0 unspecified atom stereocenters. The number of aromatic amines is 1. The van der Waals surface area contributed by atoms with E-state index in [2.05, 4.69) is 31.1 Å². The zero-order valence-corrected chi connectivity index (χ0v) is 8.54. The molecule has 0 aliphatic heterocycles. The fourth-order valence-corrected chi connectivity index (χ4v) is 1.77. The molecular weight excluding hydrogens is 174 g/mol. The third kappa shape index (κ3) is 1.42. The maximum atomic E-state index is 9.05. The Bertz CT molecular complexity index is 443. The van der Waals surface area contributed by atoms with Gasteiger partial charge in [-0.25, -0.2) is 0 Å². The maximum Gasteiger partial charge on any atom is 0.0682 e. The lowest BCUT2D eigenvalue weighted by Gasteiger charge is -2.03. The van der Waals surface area contributed by atoms with Crippen LogP contribution in [0.15, 0.2) is 24.4 Å². The van der Waals surface area contributed by atoms with Gasteiger partial charge in [0, 0.05) is 17.1 Å². The predicted octanol–water partition coefficient (Wildman–Crippen LogP) is 2.78. The number of hydrogen-bond donors (Lipinski definition) is 2. The molecule has 2 aromatic rings. The summed E-state index contributed by atoms with van der Waals surface area (Å²) in [6.07, 6.45) is 2.05. The van der Waals surface area contributed by atoms with Crippen LogP contribution in [0.3, 0.4) is 0 Å². The second-order valence-corrected chi connectivity index (χ2v) is 3.94. The van der Waals surface area contributed by atoms with Crippen molar-refractivity contribution < 1.29 is 5.11 Å². The summed E-state index contributed by atoms with van der Waals surface area (Å²) in [5.41, 5.74) is 3.43. The van der Waals surface area contributed by atoms with Crippen molar-refractivity contribution in [2.75, 3.05) is 0 Å². The third-order valence-corrected chi connectivity index (χ3v) is 2.58. The van der Waals surface area contributed by atoms with Crippen LogP contribution in [0.4, 0.5) is 0 Å². The van der Waals surface area contributed by atoms with Crippen molar-refractivity contribution in [1.29, 1.82) is 0 Å². The normalized spacial score (nSPS) is 11.4. The molecule has 2 heteroatoms. The summed E-state index contributed by atoms with van der Waals surface area (Å²) in [4.78, 5) is 3.24. The lowest BCUT2D eigenvalue weighted by Crippen LogP contribution is -1.86. The van der Waals surface area contributed by atoms with Gasteiger partial charge in [-0.05, 0) is 29.2 Å². The molecule has 0 saturated carbocycles. The fraction of sp³-hybridized carbons (Fsp3) is 0.333. The van der Waals surface area contributed by atoms with Crippen LogP contribution in [-0.2, 0) is 6.61 Å². The lowest BCUT2D eigenvalue weighted by atomic mass is 10.0. The summed E-state index contributed by atoms with van der Waals surface area (Å²) in [5, 5.41) is 10.3. The maximum absolute atomic E-state index is 9.05. The van der Waals surface area contributed by atoms with Crippen LogP contribution in [-0.4, -0.2) is 10.1 Å². The molecule has 0 amide bonds. The van der Waals surface area contributed by atoms with Crippen molar-refractivity contribution in [3.63, 3.8) is 0 Å². The van der Waals surface area contributed by atoms with Crippen LogP contribution in [0.2, 0.25) is 0 Å². The molecule has 2 rings (SSSR count). The number of aliphatic hydroxyl groups excluding tert-OH is 1. The Balaban J connectivity index is 2.63. The van der Waals surface area contributed by atoms with Gasteiger partial charge in [-0.2, -0.15) is 0 Å². The minimum atomic E-state index is 0.110. The summed E-state index contributed by atoms with van der Waals surface area (Å²) in [6, 6.07) is 6.02. The van der Waals surface area contributed by atoms with Gasteiger partial charge >= 0.3 is 0 Å². The highest BCUT2D eigenvalue weighted by atomic mass is 16.3. The largest absolute Gasteiger partial charge is 0.392 e. The number of benzene rings is 1. The highest BCUT2D eigenvalue weighted by molar-refractivity contribution is 5.84. The summed E-state index contributed by atoms with van der Waals surface area (Å²) >= 11 is 0. The van der Waals surface area contributed by atoms with Crippen LogP contribution in [0, 0.1) is 0 Å². The molecule has 0 radical (unpaired) electrons. The number of fused-ring (bicyclic) bond motifs is 1. The summed E-state index contributed by atoms with van der Waals surface area (Å²) in [5.74, 6) is 0.512. The van der Waals surface area contributed by atoms with E-state index >= 15 is 0 Å². The number of nitrogens with one attached hydrogen (secondary N) is 1. The summed E-state index contributed by atoms with van der Waals surface area (Å²) in [6.45, 7) is 4.46. The number of aromatic nitrogens is 1. The molecule has 0 atom stereocenters. The summed E-state index contributed by atoms with van der Waals surface area (Å²) < 4.78 is 0. The minimum Gasteiger partial charge on any atom is -0.392 e. The van der Waals surface area contributed by atoms with E-state index in [1.165, 1.54) is 10.9 Å². The van der Waals surface area contributed by atoms with E-state index in [0.717, 1.165) is 11.1 Å². The minimum absolute atomic E-state index is 0.110. The monoisotopic (exact) mass is 189 g/mol. The smallest absolute Gasteiger partial charge is 0.0682 e. The van der Waals surface area contributed by atoms with Crippen LogP contribution in [0.5, 0.6) is 0 Å². The highest BCUT2D eigenvalue weighted by Crippen LogP contribution is 2.25. The molecule has 0 bridgehead atoms. The first kappa shape index (κ1) is 9.28. The van der Waals surface area contributed by atoms with Gasteiger partial charge in [0.25, 0.3) is 0 Å². The van der Waals surface area contributed by atoms with E-state index < -0.39 is 0 Å². The molecule has 2 nitrogen and oxygen atoms in total. The van der Waals surface area contributed by atoms with E-state index in [-0.39, 0.29) is 6.61 Å². The van der Waals surface area contributed by atoms with E-state index in [1.54, 1.807) is 0 Å². The van der Waals surface area contributed by atoms with E-state index in [0.29, 0.717) is 5.92 Å². The zero-order chi connectivity index (χ0) is 10.1. The number of hydrogen-bond acceptors (Lipinski definition) is 1. The average molecular weight is 189 g/mol. The zero-order valence-electron chi connectivity index (χ0n) is 8.54. The Hall–Kier alpha value is -1.28. The van der Waals surface area contributed by atoms with E-state index in [4.69, 9.17) is 5.11 Å². The first-order valence-electron chi connectivity index (χ1n) is 4.93. The molecule has 0 fully saturated rings. The standard InChI is InChI=1S/C12H15NO/c1-8(2)11-6-13-12-4-3-9(7-14)5-10(11)12/h3-6,8,13-14H,7H2,1-2H3. The van der Waals surface area contributed by atoms with Gasteiger partial charge in [-0.15, -0.1) is 0 Å². The Labute approximate surface area is 83.6 Å².